The molecule has 13 heteroatoms. The van der Waals surface area contributed by atoms with Crippen LogP contribution in [-0.4, -0.2) is 65.6 Å². The molecule has 0 saturated carbocycles. The third-order valence-electron chi connectivity index (χ3n) is 5.90. The van der Waals surface area contributed by atoms with Gasteiger partial charge in [-0.1, -0.05) is 74.0 Å². The Morgan fingerprint density at radius 2 is 1.32 bits per heavy atom. The molecule has 0 aromatic heterocycles. The fraction of sp³-hybridized carbons (Fsp3) is 0.500. The molecule has 0 spiro atoms. The predicted octanol–water partition coefficient (Wildman–Crippen LogP) is 5.48. The van der Waals surface area contributed by atoms with Gasteiger partial charge in [0.05, 0.1) is 13.2 Å². The molecule has 2 aromatic rings. The van der Waals surface area contributed by atoms with Crippen LogP contribution in [0.15, 0.2) is 45.3 Å². The van der Waals surface area contributed by atoms with Gasteiger partial charge in [0.2, 0.25) is 0 Å². The molecule has 0 amide bonds. The van der Waals surface area contributed by atoms with E-state index >= 15 is 0 Å². The molecule has 228 valence electrons. The van der Waals surface area contributed by atoms with E-state index in [-0.39, 0.29) is 38.0 Å². The molecular weight excluding hydrogens is 704 g/mol. The van der Waals surface area contributed by atoms with Crippen molar-refractivity contribution in [3.05, 3.63) is 66.5 Å². The number of benzene rings is 2. The van der Waals surface area contributed by atoms with E-state index in [9.17, 15) is 24.8 Å². The van der Waals surface area contributed by atoms with Crippen molar-refractivity contribution in [2.24, 2.45) is 11.7 Å². The summed E-state index contributed by atoms with van der Waals surface area (Å²) >= 11 is 19.0. The number of halogens is 4. The molecule has 0 saturated heterocycles. The Hall–Kier alpha value is -1.18. The van der Waals surface area contributed by atoms with Crippen molar-refractivity contribution >= 4 is 73.9 Å². The van der Waals surface area contributed by atoms with E-state index in [0.29, 0.717) is 29.2 Å². The first-order valence-corrected chi connectivity index (χ1v) is 15.6. The van der Waals surface area contributed by atoms with Crippen molar-refractivity contribution in [3.8, 4) is 0 Å². The Bertz CT molecular complexity index is 1110. The number of aliphatic hydroxyl groups is 2. The molecule has 41 heavy (non-hydrogen) atoms. The lowest BCUT2D eigenvalue weighted by Crippen LogP contribution is -2.33. The second kappa shape index (κ2) is 19.9. The van der Waals surface area contributed by atoms with Crippen LogP contribution in [0, 0.1) is 5.92 Å². The molecule has 0 unspecified atom stereocenters. The predicted molar refractivity (Wildman–Crippen MR) is 170 cm³/mol. The van der Waals surface area contributed by atoms with Gasteiger partial charge in [-0.05, 0) is 87.2 Å². The van der Waals surface area contributed by atoms with Crippen LogP contribution in [0.4, 0.5) is 0 Å². The summed E-state index contributed by atoms with van der Waals surface area (Å²) in [5.74, 6) is -1.34. The van der Waals surface area contributed by atoms with E-state index in [2.05, 4.69) is 31.9 Å². The second-order valence-electron chi connectivity index (χ2n) is 9.60. The highest BCUT2D eigenvalue weighted by Crippen LogP contribution is 2.27. The number of esters is 2. The lowest BCUT2D eigenvalue weighted by molar-refractivity contribution is -0.154. The topological polar surface area (TPSA) is 139 Å². The highest BCUT2D eigenvalue weighted by molar-refractivity contribution is 9.10. The number of rotatable bonds is 14. The molecule has 0 aliphatic carbocycles. The van der Waals surface area contributed by atoms with Gasteiger partial charge in [-0.3, -0.25) is 0 Å². The van der Waals surface area contributed by atoms with Gasteiger partial charge in [0, 0.05) is 25.0 Å². The molecule has 5 N–H and O–H groups in total. The monoisotopic (exact) mass is 739 g/mol. The molecular formula is C28H38BBr2Cl2NO7. The van der Waals surface area contributed by atoms with Crippen LogP contribution in [0.25, 0.3) is 0 Å². The first-order chi connectivity index (χ1) is 19.3. The molecule has 2 aromatic carbocycles. The zero-order valence-electron chi connectivity index (χ0n) is 23.4. The van der Waals surface area contributed by atoms with Gasteiger partial charge >= 0.3 is 11.9 Å². The molecule has 0 bridgehead atoms. The summed E-state index contributed by atoms with van der Waals surface area (Å²) in [5, 5.41) is 30.4. The van der Waals surface area contributed by atoms with Crippen LogP contribution < -0.4 is 5.73 Å². The van der Waals surface area contributed by atoms with Gasteiger partial charge in [0.25, 0.3) is 6.92 Å². The highest BCUT2D eigenvalue weighted by Gasteiger charge is 2.25. The van der Waals surface area contributed by atoms with E-state index in [4.69, 9.17) is 38.4 Å². The lowest BCUT2D eigenvalue weighted by atomic mass is 9.62. The standard InChI is InChI=1S/C15H21BBrClO4.C13H17BrClNO3/c1-3-22-15(20)14(19)7-10(9-16(2)21)6-11-4-5-12(17)8-13(11)18;1-2-19-13(18)12(17)7-10(16)5-8-3-4-9(14)6-11(8)15/h4-5,8,10,14,19,21H,3,6-7,9H2,1-2H3;3-4,6,10,12,17H,2,5,7,16H2,1H3/t10-,14-;10-,12-/m11/s1. The van der Waals surface area contributed by atoms with Gasteiger partial charge in [-0.25, -0.2) is 9.59 Å². The van der Waals surface area contributed by atoms with Crippen LogP contribution in [0.5, 0.6) is 0 Å². The van der Waals surface area contributed by atoms with Gasteiger partial charge in [-0.15, -0.1) is 0 Å². The second-order valence-corrected chi connectivity index (χ2v) is 12.2. The SMILES string of the molecule is CCOC(=O)[C@H](O)C[C@H](CB(C)O)Cc1ccc(Br)cc1Cl.CCOC(=O)[C@H](O)C[C@H](N)Cc1ccc(Br)cc1Cl. The van der Waals surface area contributed by atoms with Crippen LogP contribution in [0.2, 0.25) is 23.2 Å². The maximum absolute atomic E-state index is 11.6. The Balaban J connectivity index is 0.000000414. The summed E-state index contributed by atoms with van der Waals surface area (Å²) in [4.78, 5) is 22.8. The van der Waals surface area contributed by atoms with E-state index in [1.807, 2.05) is 24.3 Å². The molecule has 4 atom stereocenters. The Morgan fingerprint density at radius 1 is 0.878 bits per heavy atom. The number of carbonyl (C=O) groups excluding carboxylic acids is 2. The average molecular weight is 742 g/mol. The number of hydrogen-bond donors (Lipinski definition) is 4. The number of aliphatic hydroxyl groups excluding tert-OH is 2. The summed E-state index contributed by atoms with van der Waals surface area (Å²) in [5.41, 5.74) is 7.71. The molecule has 8 nitrogen and oxygen atoms in total. The minimum absolute atomic E-state index is 0.0712. The van der Waals surface area contributed by atoms with Crippen molar-refractivity contribution in [2.75, 3.05) is 13.2 Å². The molecule has 0 fully saturated rings. The fourth-order valence-electron chi connectivity index (χ4n) is 4.07. The summed E-state index contributed by atoms with van der Waals surface area (Å²) in [6.45, 7) is 5.02. The van der Waals surface area contributed by atoms with Crippen molar-refractivity contribution in [1.82, 2.24) is 0 Å². The molecule has 0 aliphatic heterocycles. The summed E-state index contributed by atoms with van der Waals surface area (Å²) < 4.78 is 11.3. The van der Waals surface area contributed by atoms with E-state index in [1.165, 1.54) is 0 Å². The van der Waals surface area contributed by atoms with E-state index in [0.717, 1.165) is 20.1 Å². The Kier molecular flexibility index (Phi) is 18.4. The highest BCUT2D eigenvalue weighted by atomic mass is 79.9. The summed E-state index contributed by atoms with van der Waals surface area (Å²) in [6.07, 6.45) is -0.456. The Labute approximate surface area is 269 Å². The van der Waals surface area contributed by atoms with Crippen LogP contribution in [-0.2, 0) is 31.9 Å². The number of ether oxygens (including phenoxy) is 2. The molecule has 0 radical (unpaired) electrons. The van der Waals surface area contributed by atoms with Crippen molar-refractivity contribution in [2.45, 2.75) is 70.9 Å². The maximum Gasteiger partial charge on any atom is 0.335 e. The van der Waals surface area contributed by atoms with Crippen LogP contribution in [0.1, 0.15) is 37.8 Å². The first-order valence-electron chi connectivity index (χ1n) is 13.3. The normalized spacial score (nSPS) is 13.7. The third kappa shape index (κ3) is 15.2. The Morgan fingerprint density at radius 3 is 1.73 bits per heavy atom. The number of nitrogens with two attached hydrogens (primary N) is 1. The van der Waals surface area contributed by atoms with Gasteiger partial charge in [0.1, 0.15) is 0 Å². The lowest BCUT2D eigenvalue weighted by Gasteiger charge is -2.20. The summed E-state index contributed by atoms with van der Waals surface area (Å²) in [7, 11) is 0. The van der Waals surface area contributed by atoms with Crippen molar-refractivity contribution in [1.29, 1.82) is 0 Å². The maximum atomic E-state index is 11.6. The average Bonchev–Trinajstić information content (AvgIpc) is 2.87. The minimum atomic E-state index is -1.19. The molecule has 0 aliphatic rings. The number of hydrogen-bond acceptors (Lipinski definition) is 8. The third-order valence-corrected chi connectivity index (χ3v) is 7.59. The summed E-state index contributed by atoms with van der Waals surface area (Å²) in [6, 6.07) is 10.8. The zero-order chi connectivity index (χ0) is 31.1. The smallest absolute Gasteiger partial charge is 0.335 e. The zero-order valence-corrected chi connectivity index (χ0v) is 28.0. The van der Waals surface area contributed by atoms with Crippen molar-refractivity contribution in [3.63, 3.8) is 0 Å². The largest absolute Gasteiger partial charge is 0.464 e. The molecule has 2 rings (SSSR count). The van der Waals surface area contributed by atoms with Gasteiger partial charge < -0.3 is 30.4 Å². The minimum Gasteiger partial charge on any atom is -0.464 e. The first kappa shape index (κ1) is 37.9. The van der Waals surface area contributed by atoms with Gasteiger partial charge in [0.15, 0.2) is 12.2 Å². The van der Waals surface area contributed by atoms with Gasteiger partial charge in [-0.2, -0.15) is 0 Å². The van der Waals surface area contributed by atoms with Crippen LogP contribution >= 0.6 is 55.1 Å². The molecule has 0 heterocycles. The van der Waals surface area contributed by atoms with Crippen LogP contribution in [0.3, 0.4) is 0 Å². The van der Waals surface area contributed by atoms with Crippen molar-refractivity contribution < 1.29 is 34.3 Å². The number of carbonyl (C=O) groups is 2. The quantitative estimate of drug-likeness (QED) is 0.148. The van der Waals surface area contributed by atoms with E-state index in [1.54, 1.807) is 32.8 Å². The van der Waals surface area contributed by atoms with E-state index < -0.39 is 31.1 Å². The fourth-order valence-corrected chi connectivity index (χ4v) is 5.57.